The molecule has 0 N–H and O–H groups in total. The first-order chi connectivity index (χ1) is 13.6. The van der Waals surface area contributed by atoms with Gasteiger partial charge in [0.2, 0.25) is 0 Å². The molecule has 0 bridgehead atoms. The zero-order valence-electron chi connectivity index (χ0n) is 17.1. The van der Waals surface area contributed by atoms with E-state index in [1.165, 1.54) is 16.7 Å². The van der Waals surface area contributed by atoms with E-state index >= 15 is 0 Å². The van der Waals surface area contributed by atoms with Gasteiger partial charge >= 0.3 is 0 Å². The molecule has 0 saturated carbocycles. The van der Waals surface area contributed by atoms with Crippen LogP contribution in [0.3, 0.4) is 0 Å². The summed E-state index contributed by atoms with van der Waals surface area (Å²) in [5, 5.41) is 9.18. The lowest BCUT2D eigenvalue weighted by molar-refractivity contribution is 0.328. The van der Waals surface area contributed by atoms with Crippen LogP contribution in [0.5, 0.6) is 0 Å². The molecule has 0 radical (unpaired) electrons. The number of hydrogen-bond donors (Lipinski definition) is 0. The highest BCUT2D eigenvalue weighted by Gasteiger charge is 2.41. The Labute approximate surface area is 169 Å². The van der Waals surface area contributed by atoms with E-state index in [9.17, 15) is 5.26 Å². The number of benzene rings is 3. The topological polar surface area (TPSA) is 23.8 Å². The van der Waals surface area contributed by atoms with Crippen LogP contribution in [0.15, 0.2) is 84.9 Å². The van der Waals surface area contributed by atoms with E-state index in [0.29, 0.717) is 11.5 Å². The Morgan fingerprint density at radius 2 is 1.29 bits per heavy atom. The summed E-state index contributed by atoms with van der Waals surface area (Å²) in [4.78, 5) is 0. The Morgan fingerprint density at radius 3 is 1.71 bits per heavy atom. The van der Waals surface area contributed by atoms with Crippen LogP contribution >= 0.6 is 0 Å². The van der Waals surface area contributed by atoms with Gasteiger partial charge in [0.15, 0.2) is 0 Å². The average molecular weight is 368 g/mol. The third-order valence-corrected chi connectivity index (χ3v) is 6.22. The highest BCUT2D eigenvalue weighted by Crippen LogP contribution is 2.49. The molecule has 28 heavy (non-hydrogen) atoms. The molecule has 0 fully saturated rings. The monoisotopic (exact) mass is 367 g/mol. The average Bonchev–Trinajstić information content (AvgIpc) is 2.78. The van der Waals surface area contributed by atoms with Crippen molar-refractivity contribution >= 4 is 0 Å². The van der Waals surface area contributed by atoms with Gasteiger partial charge < -0.3 is 0 Å². The predicted octanol–water partition coefficient (Wildman–Crippen LogP) is 7.08. The first-order valence-electron chi connectivity index (χ1n) is 10.2. The van der Waals surface area contributed by atoms with Gasteiger partial charge in [0.05, 0.1) is 11.6 Å². The van der Waals surface area contributed by atoms with E-state index in [1.54, 1.807) is 0 Å². The molecule has 1 heteroatoms. The van der Waals surface area contributed by atoms with E-state index in [0.717, 1.165) is 12.8 Å². The fourth-order valence-corrected chi connectivity index (χ4v) is 4.38. The van der Waals surface area contributed by atoms with Crippen LogP contribution in [-0.4, -0.2) is 0 Å². The molecule has 0 heterocycles. The molecule has 3 aromatic carbocycles. The van der Waals surface area contributed by atoms with Gasteiger partial charge in [0.1, 0.15) is 0 Å². The lowest BCUT2D eigenvalue weighted by Crippen LogP contribution is -2.36. The summed E-state index contributed by atoms with van der Waals surface area (Å²) in [6.45, 7) is 6.97. The minimum atomic E-state index is -0.119. The maximum Gasteiger partial charge on any atom is 0.0991 e. The predicted molar refractivity (Wildman–Crippen MR) is 117 cm³/mol. The molecule has 3 rings (SSSR count). The molecule has 0 aliphatic heterocycles. The van der Waals surface area contributed by atoms with Crippen molar-refractivity contribution in [2.45, 2.75) is 44.9 Å². The Morgan fingerprint density at radius 1 is 0.786 bits per heavy atom. The van der Waals surface area contributed by atoms with Crippen LogP contribution in [0, 0.1) is 17.2 Å². The second-order valence-corrected chi connectivity index (χ2v) is 7.88. The maximum absolute atomic E-state index is 9.18. The Bertz CT molecular complexity index is 864. The van der Waals surface area contributed by atoms with E-state index in [-0.39, 0.29) is 11.3 Å². The summed E-state index contributed by atoms with van der Waals surface area (Å²) in [6.07, 6.45) is 2.24. The van der Waals surface area contributed by atoms with Gasteiger partial charge in [-0.05, 0) is 47.1 Å². The van der Waals surface area contributed by atoms with Crippen molar-refractivity contribution in [3.8, 4) is 6.07 Å². The summed E-state index contributed by atoms with van der Waals surface area (Å²) < 4.78 is 0. The molecular weight excluding hydrogens is 338 g/mol. The van der Waals surface area contributed by atoms with Crippen LogP contribution in [0.2, 0.25) is 0 Å². The lowest BCUT2D eigenvalue weighted by Gasteiger charge is -2.43. The number of hydrogen-bond acceptors (Lipinski definition) is 1. The molecule has 0 aliphatic rings. The molecule has 0 saturated heterocycles. The fourth-order valence-electron chi connectivity index (χ4n) is 4.38. The molecule has 2 atom stereocenters. The van der Waals surface area contributed by atoms with Crippen LogP contribution in [0.1, 0.15) is 61.8 Å². The second kappa shape index (κ2) is 8.89. The number of nitriles is 1. The van der Waals surface area contributed by atoms with Crippen molar-refractivity contribution < 1.29 is 0 Å². The highest BCUT2D eigenvalue weighted by molar-refractivity contribution is 5.45. The first kappa shape index (κ1) is 19.9. The molecule has 0 aliphatic carbocycles. The van der Waals surface area contributed by atoms with Gasteiger partial charge in [-0.3, -0.25) is 0 Å². The summed E-state index contributed by atoms with van der Waals surface area (Å²) >= 11 is 0. The summed E-state index contributed by atoms with van der Waals surface area (Å²) in [7, 11) is 0. The van der Waals surface area contributed by atoms with Crippen molar-refractivity contribution in [2.75, 3.05) is 0 Å². The van der Waals surface area contributed by atoms with Crippen LogP contribution in [-0.2, 0) is 5.41 Å². The van der Waals surface area contributed by atoms with E-state index in [4.69, 9.17) is 0 Å². The van der Waals surface area contributed by atoms with Gasteiger partial charge in [0, 0.05) is 5.41 Å². The Hall–Kier alpha value is -2.85. The SMILES string of the molecule is CCC(C)CC(c1ccccc1)(c1ccccc1)C(C)c1ccc(C#N)cc1. The first-order valence-corrected chi connectivity index (χ1v) is 10.2. The minimum Gasteiger partial charge on any atom is -0.192 e. The van der Waals surface area contributed by atoms with Crippen molar-refractivity contribution in [1.29, 1.82) is 5.26 Å². The zero-order chi connectivity index (χ0) is 20.0. The smallest absolute Gasteiger partial charge is 0.0991 e. The molecule has 3 aromatic rings. The number of rotatable bonds is 7. The molecule has 142 valence electrons. The van der Waals surface area contributed by atoms with Crippen molar-refractivity contribution in [2.24, 2.45) is 5.92 Å². The molecule has 1 nitrogen and oxygen atoms in total. The van der Waals surface area contributed by atoms with Gasteiger partial charge in [-0.2, -0.15) is 5.26 Å². The third-order valence-electron chi connectivity index (χ3n) is 6.22. The second-order valence-electron chi connectivity index (χ2n) is 7.88. The lowest BCUT2D eigenvalue weighted by atomic mass is 9.60. The molecule has 2 unspecified atom stereocenters. The fraction of sp³-hybridized carbons (Fsp3) is 0.296. The molecular formula is C27H29N. The van der Waals surface area contributed by atoms with Crippen LogP contribution < -0.4 is 0 Å². The van der Waals surface area contributed by atoms with E-state index in [1.807, 2.05) is 12.1 Å². The van der Waals surface area contributed by atoms with E-state index in [2.05, 4.69) is 99.6 Å². The van der Waals surface area contributed by atoms with Crippen LogP contribution in [0.4, 0.5) is 0 Å². The van der Waals surface area contributed by atoms with Crippen molar-refractivity contribution in [3.63, 3.8) is 0 Å². The Balaban J connectivity index is 2.22. The number of nitrogens with zero attached hydrogens (tertiary/aromatic N) is 1. The third kappa shape index (κ3) is 3.87. The standard InChI is InChI=1S/C27H29N/c1-4-21(2)19-27(25-11-7-5-8-12-25,26-13-9-6-10-14-26)22(3)24-17-15-23(20-28)16-18-24/h5-18,21-22H,4,19H2,1-3H3. The summed E-state index contributed by atoms with van der Waals surface area (Å²) in [5.74, 6) is 0.875. The van der Waals surface area contributed by atoms with Crippen LogP contribution in [0.25, 0.3) is 0 Å². The molecule has 0 aromatic heterocycles. The van der Waals surface area contributed by atoms with Gasteiger partial charge in [-0.25, -0.2) is 0 Å². The highest BCUT2D eigenvalue weighted by atomic mass is 14.4. The van der Waals surface area contributed by atoms with Gasteiger partial charge in [-0.1, -0.05) is 100.0 Å². The quantitative estimate of drug-likeness (QED) is 0.437. The maximum atomic E-state index is 9.18. The molecule has 0 spiro atoms. The Kier molecular flexibility index (Phi) is 6.32. The van der Waals surface area contributed by atoms with Gasteiger partial charge in [0.25, 0.3) is 0 Å². The van der Waals surface area contributed by atoms with Gasteiger partial charge in [-0.15, -0.1) is 0 Å². The largest absolute Gasteiger partial charge is 0.192 e. The van der Waals surface area contributed by atoms with Crippen molar-refractivity contribution in [1.82, 2.24) is 0 Å². The van der Waals surface area contributed by atoms with E-state index < -0.39 is 0 Å². The van der Waals surface area contributed by atoms with Crippen molar-refractivity contribution in [3.05, 3.63) is 107 Å². The summed E-state index contributed by atoms with van der Waals surface area (Å²) in [6, 6.07) is 32.2. The normalized spacial score (nSPS) is 13.5. The zero-order valence-corrected chi connectivity index (χ0v) is 17.1. The summed E-state index contributed by atoms with van der Waals surface area (Å²) in [5.41, 5.74) is 4.58. The minimum absolute atomic E-state index is 0.119. The molecule has 0 amide bonds.